The van der Waals surface area contributed by atoms with Crippen molar-refractivity contribution in [3.8, 4) is 6.07 Å². The molecule has 13 heteroatoms. The zero-order valence-corrected chi connectivity index (χ0v) is 24.7. The third-order valence-electron chi connectivity index (χ3n) is 7.73. The Labute approximate surface area is 250 Å². The zero-order chi connectivity index (χ0) is 30.7. The van der Waals surface area contributed by atoms with Crippen LogP contribution >= 0.6 is 11.6 Å². The molecular weight excluding hydrogens is 579 g/mol. The summed E-state index contributed by atoms with van der Waals surface area (Å²) in [5.41, 5.74) is 2.49. The van der Waals surface area contributed by atoms with E-state index in [1.807, 2.05) is 35.9 Å². The van der Waals surface area contributed by atoms with E-state index in [4.69, 9.17) is 11.6 Å². The Morgan fingerprint density at radius 3 is 2.60 bits per heavy atom. The average Bonchev–Trinajstić information content (AvgIpc) is 3.49. The van der Waals surface area contributed by atoms with E-state index in [9.17, 15) is 18.4 Å². The van der Waals surface area contributed by atoms with Crippen LogP contribution < -0.4 is 10.6 Å². The van der Waals surface area contributed by atoms with E-state index in [2.05, 4.69) is 57.8 Å². The Bertz CT molecular complexity index is 1890. The molecule has 9 nitrogen and oxygen atoms in total. The van der Waals surface area contributed by atoms with E-state index in [0.29, 0.717) is 45.1 Å². The summed E-state index contributed by atoms with van der Waals surface area (Å²) in [4.78, 5) is 8.88. The van der Waals surface area contributed by atoms with E-state index < -0.39 is 17.8 Å². The summed E-state index contributed by atoms with van der Waals surface area (Å²) in [6.45, 7) is 6.83. The summed E-state index contributed by atoms with van der Waals surface area (Å²) < 4.78 is 44.6. The highest BCUT2D eigenvalue weighted by Crippen LogP contribution is 2.55. The van der Waals surface area contributed by atoms with E-state index in [1.165, 1.54) is 12.4 Å². The molecule has 5 aromatic rings. The number of aryl methyl sites for hydroxylation is 1. The average molecular weight is 608 g/mol. The van der Waals surface area contributed by atoms with E-state index >= 15 is 0 Å². The van der Waals surface area contributed by atoms with Gasteiger partial charge in [0.25, 0.3) is 0 Å². The maximum atomic E-state index is 13.9. The predicted molar refractivity (Wildman–Crippen MR) is 159 cm³/mol. The van der Waals surface area contributed by atoms with Gasteiger partial charge >= 0.3 is 6.18 Å². The second-order valence-corrected chi connectivity index (χ2v) is 12.6. The van der Waals surface area contributed by atoms with Gasteiger partial charge in [0.15, 0.2) is 5.54 Å². The fraction of sp³-hybridized carbons (Fsp3) is 0.367. The summed E-state index contributed by atoms with van der Waals surface area (Å²) in [5.74, 6) is 0. The van der Waals surface area contributed by atoms with Crippen LogP contribution in [0.15, 0.2) is 49.1 Å². The number of fused-ring (bicyclic) bond motifs is 2. The van der Waals surface area contributed by atoms with Gasteiger partial charge in [-0.25, -0.2) is 9.67 Å². The summed E-state index contributed by atoms with van der Waals surface area (Å²) in [7, 11) is 1.85. The standard InChI is InChI=1S/C30H29ClF3N9/c1-28(2,3)15-37-24-17(12-35)13-36-25-20(24)10-18(11-21(25)31)39-26(19-6-5-7-22-27(19)42(4)16-38-22)23-14-43(41-40-23)29(8-9-29)30(32,33)34/h5-7,10-11,13-14,16,26,39H,8-9,15H2,1-4H3,(H,36,37). The number of hydrogen-bond donors (Lipinski definition) is 2. The maximum Gasteiger partial charge on any atom is 0.413 e. The largest absolute Gasteiger partial charge is 0.413 e. The van der Waals surface area contributed by atoms with Crippen molar-refractivity contribution in [3.63, 3.8) is 0 Å². The number of halogens is 4. The summed E-state index contributed by atoms with van der Waals surface area (Å²) in [6, 6.07) is 10.6. The number of nitrogens with zero attached hydrogens (tertiary/aromatic N) is 7. The van der Waals surface area contributed by atoms with Gasteiger partial charge in [-0.15, -0.1) is 5.10 Å². The van der Waals surface area contributed by atoms with Crippen molar-refractivity contribution >= 4 is 44.9 Å². The first-order valence-electron chi connectivity index (χ1n) is 13.7. The maximum absolute atomic E-state index is 13.9. The highest BCUT2D eigenvalue weighted by atomic mass is 35.5. The first-order chi connectivity index (χ1) is 20.3. The van der Waals surface area contributed by atoms with Crippen molar-refractivity contribution in [2.45, 2.75) is 51.4 Å². The van der Waals surface area contributed by atoms with Crippen LogP contribution in [0, 0.1) is 16.7 Å². The molecule has 1 atom stereocenters. The molecule has 6 rings (SSSR count). The monoisotopic (exact) mass is 607 g/mol. The number of nitriles is 1. The third kappa shape index (κ3) is 5.12. The highest BCUT2D eigenvalue weighted by Gasteiger charge is 2.66. The molecule has 1 aliphatic rings. The highest BCUT2D eigenvalue weighted by molar-refractivity contribution is 6.35. The number of benzene rings is 2. The van der Waals surface area contributed by atoms with Gasteiger partial charge in [0.2, 0.25) is 0 Å². The molecule has 0 amide bonds. The van der Waals surface area contributed by atoms with Crippen LogP contribution in [0.1, 0.15) is 56.5 Å². The molecule has 0 bridgehead atoms. The van der Waals surface area contributed by atoms with Gasteiger partial charge in [-0.05, 0) is 36.5 Å². The van der Waals surface area contributed by atoms with Gasteiger partial charge in [-0.1, -0.05) is 49.7 Å². The van der Waals surface area contributed by atoms with Gasteiger partial charge in [0.05, 0.1) is 51.4 Å². The lowest BCUT2D eigenvalue weighted by Gasteiger charge is -2.23. The summed E-state index contributed by atoms with van der Waals surface area (Å²) >= 11 is 6.74. The minimum Gasteiger partial charge on any atom is -0.383 e. The second-order valence-electron chi connectivity index (χ2n) is 12.2. The molecule has 222 valence electrons. The molecule has 2 aromatic carbocycles. The Balaban J connectivity index is 1.49. The molecule has 43 heavy (non-hydrogen) atoms. The lowest BCUT2D eigenvalue weighted by molar-refractivity contribution is -0.182. The molecule has 3 heterocycles. The first kappa shape index (κ1) is 28.7. The van der Waals surface area contributed by atoms with Crippen molar-refractivity contribution in [3.05, 3.63) is 70.9 Å². The number of imidazole rings is 1. The lowest BCUT2D eigenvalue weighted by atomic mass is 9.96. The normalized spacial score (nSPS) is 15.4. The molecule has 1 fully saturated rings. The van der Waals surface area contributed by atoms with Crippen LogP contribution in [-0.2, 0) is 12.6 Å². The third-order valence-corrected chi connectivity index (χ3v) is 8.02. The van der Waals surface area contributed by atoms with Crippen molar-refractivity contribution in [1.29, 1.82) is 5.26 Å². The molecule has 3 aromatic heterocycles. The van der Waals surface area contributed by atoms with Gasteiger partial charge in [-0.2, -0.15) is 18.4 Å². The Morgan fingerprint density at radius 2 is 1.93 bits per heavy atom. The van der Waals surface area contributed by atoms with E-state index in [1.54, 1.807) is 12.4 Å². The predicted octanol–water partition coefficient (Wildman–Crippen LogP) is 6.95. The minimum atomic E-state index is -4.45. The fourth-order valence-corrected chi connectivity index (χ4v) is 5.57. The van der Waals surface area contributed by atoms with Crippen LogP contribution in [0.2, 0.25) is 5.02 Å². The quantitative estimate of drug-likeness (QED) is 0.206. The molecule has 0 spiro atoms. The molecule has 0 aliphatic heterocycles. The lowest BCUT2D eigenvalue weighted by Crippen LogP contribution is -2.35. The Hall–Kier alpha value is -4.37. The van der Waals surface area contributed by atoms with Crippen molar-refractivity contribution < 1.29 is 13.2 Å². The van der Waals surface area contributed by atoms with Gasteiger partial charge in [0.1, 0.15) is 11.8 Å². The van der Waals surface area contributed by atoms with Crippen molar-refractivity contribution in [1.82, 2.24) is 29.5 Å². The Morgan fingerprint density at radius 1 is 1.16 bits per heavy atom. The molecule has 1 saturated carbocycles. The fourth-order valence-electron chi connectivity index (χ4n) is 5.31. The van der Waals surface area contributed by atoms with Crippen molar-refractivity contribution in [2.75, 3.05) is 17.2 Å². The molecule has 1 aliphatic carbocycles. The van der Waals surface area contributed by atoms with Crippen LogP contribution in [-0.4, -0.2) is 42.2 Å². The van der Waals surface area contributed by atoms with Crippen LogP contribution in [0.4, 0.5) is 24.5 Å². The van der Waals surface area contributed by atoms with E-state index in [0.717, 1.165) is 21.3 Å². The number of pyridine rings is 1. The molecule has 2 N–H and O–H groups in total. The Kier molecular flexibility index (Phi) is 6.76. The number of anilines is 2. The van der Waals surface area contributed by atoms with Crippen molar-refractivity contribution in [2.24, 2.45) is 12.5 Å². The number of hydrogen-bond acceptors (Lipinski definition) is 7. The number of alkyl halides is 3. The smallest absolute Gasteiger partial charge is 0.383 e. The second kappa shape index (κ2) is 10.1. The van der Waals surface area contributed by atoms with Crippen LogP contribution in [0.5, 0.6) is 0 Å². The van der Waals surface area contributed by atoms with Gasteiger partial charge in [0, 0.05) is 36.4 Å². The summed E-state index contributed by atoms with van der Waals surface area (Å²) in [5, 5.41) is 25.9. The van der Waals surface area contributed by atoms with Crippen LogP contribution in [0.25, 0.3) is 21.9 Å². The van der Waals surface area contributed by atoms with Crippen LogP contribution in [0.3, 0.4) is 0 Å². The number of rotatable bonds is 7. The van der Waals surface area contributed by atoms with E-state index in [-0.39, 0.29) is 18.3 Å². The van der Waals surface area contributed by atoms with Gasteiger partial charge in [-0.3, -0.25) is 4.98 Å². The minimum absolute atomic E-state index is 0.0481. The zero-order valence-electron chi connectivity index (χ0n) is 24.0. The number of aromatic nitrogens is 6. The van der Waals surface area contributed by atoms with Gasteiger partial charge < -0.3 is 15.2 Å². The topological polar surface area (TPSA) is 109 Å². The number of para-hydroxylation sites is 1. The SMILES string of the molecule is Cn1cnc2cccc(C(Nc3cc(Cl)c4ncc(C#N)c(NCC(C)(C)C)c4c3)c3cn(C4(C(F)(F)F)CC4)nn3)c21. The molecular formula is C30H29ClF3N9. The summed E-state index contributed by atoms with van der Waals surface area (Å²) in [6.07, 6.45) is -0.00945. The number of nitrogens with one attached hydrogen (secondary N) is 2. The molecule has 0 radical (unpaired) electrons. The molecule has 0 saturated heterocycles. The first-order valence-corrected chi connectivity index (χ1v) is 14.1. The molecule has 1 unspecified atom stereocenters.